The molecule has 3 unspecified atom stereocenters. The average molecular weight is 228 g/mol. The minimum Gasteiger partial charge on any atom is -0.376 e. The molecule has 1 rings (SSSR count). The lowest BCUT2D eigenvalue weighted by Gasteiger charge is -2.30. The van der Waals surface area contributed by atoms with Crippen molar-refractivity contribution < 1.29 is 9.53 Å². The van der Waals surface area contributed by atoms with E-state index in [1.54, 1.807) is 0 Å². The highest BCUT2D eigenvalue weighted by Crippen LogP contribution is 2.25. The van der Waals surface area contributed by atoms with E-state index < -0.39 is 6.04 Å². The lowest BCUT2D eigenvalue weighted by atomic mass is 9.93. The maximum atomic E-state index is 11.9. The van der Waals surface area contributed by atoms with E-state index in [-0.39, 0.29) is 17.6 Å². The maximum Gasteiger partial charge on any atom is 0.237 e. The van der Waals surface area contributed by atoms with E-state index in [1.165, 1.54) is 0 Å². The van der Waals surface area contributed by atoms with Gasteiger partial charge in [-0.05, 0) is 32.6 Å². The molecule has 3 atom stereocenters. The van der Waals surface area contributed by atoms with Crippen molar-refractivity contribution in [1.82, 2.24) is 5.32 Å². The molecule has 0 spiro atoms. The average Bonchev–Trinajstić information content (AvgIpc) is 2.45. The molecule has 0 aromatic rings. The van der Waals surface area contributed by atoms with Gasteiger partial charge in [0, 0.05) is 6.61 Å². The Labute approximate surface area is 97.9 Å². The first-order valence-electron chi connectivity index (χ1n) is 6.04. The summed E-state index contributed by atoms with van der Waals surface area (Å²) in [5, 5.41) is 3.02. The number of hydrogen-bond acceptors (Lipinski definition) is 3. The number of ether oxygens (including phenoxy) is 1. The molecule has 1 fully saturated rings. The largest absolute Gasteiger partial charge is 0.376 e. The van der Waals surface area contributed by atoms with Crippen LogP contribution in [0, 0.1) is 5.92 Å². The molecule has 4 heteroatoms. The second-order valence-electron chi connectivity index (χ2n) is 5.41. The molecule has 1 saturated heterocycles. The standard InChI is InChI=1S/C12H24N2O2/c1-8(2)7-10(13)11(15)14-12(4)5-6-16-9(12)3/h8-10H,5-7,13H2,1-4H3,(H,14,15). The minimum atomic E-state index is -0.412. The Morgan fingerprint density at radius 2 is 2.25 bits per heavy atom. The van der Waals surface area contributed by atoms with Gasteiger partial charge in [0.05, 0.1) is 17.7 Å². The Morgan fingerprint density at radius 1 is 1.62 bits per heavy atom. The van der Waals surface area contributed by atoms with Gasteiger partial charge in [-0.3, -0.25) is 4.79 Å². The molecule has 1 aliphatic rings. The summed E-state index contributed by atoms with van der Waals surface area (Å²) in [5.74, 6) is 0.374. The summed E-state index contributed by atoms with van der Waals surface area (Å²) in [5.41, 5.74) is 5.59. The molecule has 0 radical (unpaired) electrons. The van der Waals surface area contributed by atoms with Crippen molar-refractivity contribution in [1.29, 1.82) is 0 Å². The number of nitrogens with one attached hydrogen (secondary N) is 1. The van der Waals surface area contributed by atoms with E-state index >= 15 is 0 Å². The summed E-state index contributed by atoms with van der Waals surface area (Å²) in [4.78, 5) is 11.9. The van der Waals surface area contributed by atoms with Crippen molar-refractivity contribution in [2.24, 2.45) is 11.7 Å². The van der Waals surface area contributed by atoms with Crippen LogP contribution < -0.4 is 11.1 Å². The van der Waals surface area contributed by atoms with Gasteiger partial charge in [0.25, 0.3) is 0 Å². The Balaban J connectivity index is 2.50. The van der Waals surface area contributed by atoms with E-state index in [9.17, 15) is 4.79 Å². The molecular formula is C12H24N2O2. The van der Waals surface area contributed by atoms with Crippen molar-refractivity contribution in [3.63, 3.8) is 0 Å². The van der Waals surface area contributed by atoms with Gasteiger partial charge in [0.2, 0.25) is 5.91 Å². The highest BCUT2D eigenvalue weighted by atomic mass is 16.5. The Hall–Kier alpha value is -0.610. The molecular weight excluding hydrogens is 204 g/mol. The molecule has 3 N–H and O–H groups in total. The van der Waals surface area contributed by atoms with Gasteiger partial charge in [-0.1, -0.05) is 13.8 Å². The third-order valence-electron chi connectivity index (χ3n) is 3.36. The maximum absolute atomic E-state index is 11.9. The van der Waals surface area contributed by atoms with E-state index in [1.807, 2.05) is 13.8 Å². The fraction of sp³-hybridized carbons (Fsp3) is 0.917. The normalized spacial score (nSPS) is 31.8. The second-order valence-corrected chi connectivity index (χ2v) is 5.41. The minimum absolute atomic E-state index is 0.0581. The predicted octanol–water partition coefficient (Wildman–Crippen LogP) is 1.04. The van der Waals surface area contributed by atoms with Crippen molar-refractivity contribution >= 4 is 5.91 Å². The molecule has 0 aliphatic carbocycles. The quantitative estimate of drug-likeness (QED) is 0.755. The molecule has 0 saturated carbocycles. The summed E-state index contributed by atoms with van der Waals surface area (Å²) in [6.45, 7) is 8.84. The van der Waals surface area contributed by atoms with Gasteiger partial charge in [0.1, 0.15) is 0 Å². The van der Waals surface area contributed by atoms with Crippen molar-refractivity contribution in [3.8, 4) is 0 Å². The van der Waals surface area contributed by atoms with Crippen LogP contribution in [0.15, 0.2) is 0 Å². The van der Waals surface area contributed by atoms with E-state index in [2.05, 4.69) is 19.2 Å². The Morgan fingerprint density at radius 3 is 2.69 bits per heavy atom. The van der Waals surface area contributed by atoms with Crippen LogP contribution in [0.25, 0.3) is 0 Å². The lowest BCUT2D eigenvalue weighted by molar-refractivity contribution is -0.125. The zero-order valence-electron chi connectivity index (χ0n) is 10.7. The van der Waals surface area contributed by atoms with Crippen LogP contribution in [0.5, 0.6) is 0 Å². The lowest BCUT2D eigenvalue weighted by Crippen LogP contribution is -2.55. The Bertz CT molecular complexity index is 255. The monoisotopic (exact) mass is 228 g/mol. The summed E-state index contributed by atoms with van der Waals surface area (Å²) < 4.78 is 5.47. The molecule has 1 amide bonds. The topological polar surface area (TPSA) is 64.4 Å². The molecule has 1 heterocycles. The van der Waals surface area contributed by atoms with Gasteiger partial charge in [0.15, 0.2) is 0 Å². The fourth-order valence-electron chi connectivity index (χ4n) is 1.99. The van der Waals surface area contributed by atoms with Gasteiger partial charge in [-0.25, -0.2) is 0 Å². The first-order valence-corrected chi connectivity index (χ1v) is 6.04. The number of carbonyl (C=O) groups excluding carboxylic acids is 1. The van der Waals surface area contributed by atoms with E-state index in [0.29, 0.717) is 12.5 Å². The van der Waals surface area contributed by atoms with E-state index in [4.69, 9.17) is 10.5 Å². The van der Waals surface area contributed by atoms with Crippen molar-refractivity contribution in [2.75, 3.05) is 6.61 Å². The van der Waals surface area contributed by atoms with Crippen LogP contribution >= 0.6 is 0 Å². The number of hydrogen-bond donors (Lipinski definition) is 2. The van der Waals surface area contributed by atoms with Crippen LogP contribution in [0.4, 0.5) is 0 Å². The zero-order valence-corrected chi connectivity index (χ0v) is 10.7. The van der Waals surface area contributed by atoms with Crippen LogP contribution in [-0.2, 0) is 9.53 Å². The smallest absolute Gasteiger partial charge is 0.237 e. The van der Waals surface area contributed by atoms with Crippen molar-refractivity contribution in [2.45, 2.75) is 58.2 Å². The highest BCUT2D eigenvalue weighted by Gasteiger charge is 2.39. The number of nitrogens with two attached hydrogens (primary N) is 1. The van der Waals surface area contributed by atoms with Crippen LogP contribution in [-0.4, -0.2) is 30.2 Å². The molecule has 0 bridgehead atoms. The van der Waals surface area contributed by atoms with Gasteiger partial charge in [-0.15, -0.1) is 0 Å². The summed E-state index contributed by atoms with van der Waals surface area (Å²) >= 11 is 0. The van der Waals surface area contributed by atoms with Crippen molar-refractivity contribution in [3.05, 3.63) is 0 Å². The summed E-state index contributed by atoms with van der Waals surface area (Å²) in [6, 6.07) is -0.412. The summed E-state index contributed by atoms with van der Waals surface area (Å²) in [6.07, 6.45) is 1.63. The number of amides is 1. The summed E-state index contributed by atoms with van der Waals surface area (Å²) in [7, 11) is 0. The molecule has 0 aromatic carbocycles. The number of carbonyl (C=O) groups is 1. The SMILES string of the molecule is CC(C)CC(N)C(=O)NC1(C)CCOC1C. The third-order valence-corrected chi connectivity index (χ3v) is 3.36. The van der Waals surface area contributed by atoms with Crippen LogP contribution in [0.1, 0.15) is 40.5 Å². The zero-order chi connectivity index (χ0) is 12.3. The molecule has 94 valence electrons. The van der Waals surface area contributed by atoms with Gasteiger partial charge in [-0.2, -0.15) is 0 Å². The highest BCUT2D eigenvalue weighted by molar-refractivity contribution is 5.82. The fourth-order valence-corrected chi connectivity index (χ4v) is 1.99. The van der Waals surface area contributed by atoms with Crippen LogP contribution in [0.2, 0.25) is 0 Å². The molecule has 0 aromatic heterocycles. The van der Waals surface area contributed by atoms with Gasteiger partial charge >= 0.3 is 0 Å². The molecule has 4 nitrogen and oxygen atoms in total. The molecule has 1 aliphatic heterocycles. The Kier molecular flexibility index (Phi) is 4.33. The molecule has 16 heavy (non-hydrogen) atoms. The van der Waals surface area contributed by atoms with Crippen LogP contribution in [0.3, 0.4) is 0 Å². The van der Waals surface area contributed by atoms with E-state index in [0.717, 1.165) is 12.8 Å². The van der Waals surface area contributed by atoms with Gasteiger partial charge < -0.3 is 15.8 Å². The number of rotatable bonds is 4. The predicted molar refractivity (Wildman–Crippen MR) is 64.0 cm³/mol. The first kappa shape index (κ1) is 13.5. The second kappa shape index (κ2) is 5.15. The third kappa shape index (κ3) is 3.19. The first-order chi connectivity index (χ1) is 7.35.